The maximum Gasteiger partial charge on any atom is 0.410 e. The van der Waals surface area contributed by atoms with Gasteiger partial charge in [0.1, 0.15) is 5.60 Å². The number of likely N-dealkylation sites (tertiary alicyclic amines) is 1. The molecule has 0 spiro atoms. The first kappa shape index (κ1) is 26.0. The van der Waals surface area contributed by atoms with Crippen LogP contribution in [0.3, 0.4) is 0 Å². The molecule has 0 unspecified atom stereocenters. The first-order chi connectivity index (χ1) is 16.0. The molecule has 1 aromatic carbocycles. The molecule has 188 valence electrons. The van der Waals surface area contributed by atoms with Gasteiger partial charge < -0.3 is 24.6 Å². The molecule has 2 amide bonds. The fourth-order valence-electron chi connectivity index (χ4n) is 4.30. The highest BCUT2D eigenvalue weighted by Crippen LogP contribution is 2.20. The summed E-state index contributed by atoms with van der Waals surface area (Å²) in [4.78, 5) is 31.1. The van der Waals surface area contributed by atoms with Gasteiger partial charge in [0.25, 0.3) is 5.91 Å². The Bertz CT molecular complexity index is 976. The van der Waals surface area contributed by atoms with E-state index < -0.39 is 5.60 Å². The van der Waals surface area contributed by atoms with Crippen molar-refractivity contribution in [2.24, 2.45) is 5.92 Å². The molecule has 2 saturated heterocycles. The van der Waals surface area contributed by atoms with Crippen LogP contribution in [0.4, 0.5) is 4.79 Å². The van der Waals surface area contributed by atoms with Gasteiger partial charge in [-0.2, -0.15) is 0 Å². The Balaban J connectivity index is 1.56. The van der Waals surface area contributed by atoms with Crippen molar-refractivity contribution < 1.29 is 19.1 Å². The number of hydrogen-bond donors (Lipinski definition) is 1. The standard InChI is InChI=1S/C26H40N4O4/c1-19-7-8-22(24(31)27-9-10-29-11-13-33-14-12-29)20(2)23(19)18-28(6)15-21-16-30(17-21)25(32)34-26(3,4)5/h7-8,18,21H,1,9-17H2,2-6H3,(H,27,31)/b23-18+. The van der Waals surface area contributed by atoms with Crippen molar-refractivity contribution in [3.63, 3.8) is 0 Å². The molecule has 34 heavy (non-hydrogen) atoms. The van der Waals surface area contributed by atoms with Crippen LogP contribution < -0.4 is 15.8 Å². The van der Waals surface area contributed by atoms with E-state index in [0.29, 0.717) is 31.1 Å². The molecule has 2 aliphatic heterocycles. The molecular formula is C26H40N4O4. The Morgan fingerprint density at radius 2 is 1.94 bits per heavy atom. The highest BCUT2D eigenvalue weighted by atomic mass is 16.6. The molecule has 0 aliphatic carbocycles. The van der Waals surface area contributed by atoms with Crippen molar-refractivity contribution in [1.29, 1.82) is 0 Å². The number of benzene rings is 1. The molecular weight excluding hydrogens is 432 g/mol. The maximum absolute atomic E-state index is 12.8. The lowest BCUT2D eigenvalue weighted by Crippen LogP contribution is -2.54. The smallest absolute Gasteiger partial charge is 0.410 e. The van der Waals surface area contributed by atoms with Gasteiger partial charge in [0.2, 0.25) is 0 Å². The number of hydrogen-bond acceptors (Lipinski definition) is 6. The summed E-state index contributed by atoms with van der Waals surface area (Å²) in [5, 5.41) is 4.90. The first-order valence-electron chi connectivity index (χ1n) is 12.1. The lowest BCUT2D eigenvalue weighted by atomic mass is 10.00. The highest BCUT2D eigenvalue weighted by Gasteiger charge is 2.33. The molecule has 0 aromatic heterocycles. The molecule has 2 fully saturated rings. The van der Waals surface area contributed by atoms with E-state index in [1.807, 2.05) is 46.9 Å². The second kappa shape index (κ2) is 11.2. The molecule has 3 rings (SSSR count). The van der Waals surface area contributed by atoms with Crippen LogP contribution in [-0.2, 0) is 9.47 Å². The number of ether oxygens (including phenoxy) is 2. The van der Waals surface area contributed by atoms with E-state index in [9.17, 15) is 9.59 Å². The van der Waals surface area contributed by atoms with Gasteiger partial charge in [-0.3, -0.25) is 9.69 Å². The SMILES string of the molecule is C=c1ccc(C(=O)NCCN2CCOCC2)c(C)/c1=C/N(C)CC1CN(C(=O)OC(C)(C)C)C1. The molecule has 8 heteroatoms. The van der Waals surface area contributed by atoms with Crippen molar-refractivity contribution in [2.75, 3.05) is 66.1 Å². The van der Waals surface area contributed by atoms with Gasteiger partial charge in [-0.15, -0.1) is 0 Å². The predicted molar refractivity (Wildman–Crippen MR) is 134 cm³/mol. The second-order valence-electron chi connectivity index (χ2n) is 10.3. The van der Waals surface area contributed by atoms with Crippen molar-refractivity contribution in [3.8, 4) is 0 Å². The highest BCUT2D eigenvalue weighted by molar-refractivity contribution is 5.95. The average molecular weight is 473 g/mol. The monoisotopic (exact) mass is 472 g/mol. The number of rotatable bonds is 7. The van der Waals surface area contributed by atoms with E-state index in [0.717, 1.165) is 55.4 Å². The van der Waals surface area contributed by atoms with E-state index in [1.54, 1.807) is 4.90 Å². The number of nitrogens with one attached hydrogen (secondary N) is 1. The fourth-order valence-corrected chi connectivity index (χ4v) is 4.30. The molecule has 0 atom stereocenters. The topological polar surface area (TPSA) is 74.4 Å². The molecule has 1 aromatic rings. The lowest BCUT2D eigenvalue weighted by molar-refractivity contribution is -0.00312. The van der Waals surface area contributed by atoms with Crippen LogP contribution in [0.1, 0.15) is 36.7 Å². The molecule has 0 radical (unpaired) electrons. The van der Waals surface area contributed by atoms with Crippen LogP contribution in [0.2, 0.25) is 0 Å². The first-order valence-corrected chi connectivity index (χ1v) is 12.1. The molecule has 2 heterocycles. The normalized spacial score (nSPS) is 17.9. The molecule has 2 aliphatic rings. The zero-order valence-electron chi connectivity index (χ0n) is 21.4. The molecule has 0 bridgehead atoms. The molecule has 1 N–H and O–H groups in total. The summed E-state index contributed by atoms with van der Waals surface area (Å²) in [6, 6.07) is 3.75. The van der Waals surface area contributed by atoms with Crippen molar-refractivity contribution in [1.82, 2.24) is 20.0 Å². The number of nitrogens with zero attached hydrogens (tertiary/aromatic N) is 3. The van der Waals surface area contributed by atoms with Crippen molar-refractivity contribution in [2.45, 2.75) is 33.3 Å². The van der Waals surface area contributed by atoms with E-state index >= 15 is 0 Å². The van der Waals surface area contributed by atoms with Crippen LogP contribution in [0.5, 0.6) is 0 Å². The minimum absolute atomic E-state index is 0.0601. The van der Waals surface area contributed by atoms with E-state index in [-0.39, 0.29) is 12.0 Å². The third-order valence-corrected chi connectivity index (χ3v) is 6.17. The molecule has 0 saturated carbocycles. The Hall–Kier alpha value is -2.58. The minimum atomic E-state index is -0.478. The number of carbonyl (C=O) groups excluding carboxylic acids is 2. The fraction of sp³-hybridized carbons (Fsp3) is 0.615. The Labute approximate surface area is 203 Å². The summed E-state index contributed by atoms with van der Waals surface area (Å²) in [6.45, 7) is 18.7. The Kier molecular flexibility index (Phi) is 8.60. The largest absolute Gasteiger partial charge is 0.444 e. The summed E-state index contributed by atoms with van der Waals surface area (Å²) >= 11 is 0. The summed E-state index contributed by atoms with van der Waals surface area (Å²) in [7, 11) is 2.02. The van der Waals surface area contributed by atoms with E-state index in [1.165, 1.54) is 0 Å². The third kappa shape index (κ3) is 7.21. The van der Waals surface area contributed by atoms with Crippen LogP contribution in [0, 0.1) is 12.8 Å². The van der Waals surface area contributed by atoms with Crippen LogP contribution in [0.15, 0.2) is 12.1 Å². The van der Waals surface area contributed by atoms with Gasteiger partial charge in [-0.05, 0) is 44.5 Å². The summed E-state index contributed by atoms with van der Waals surface area (Å²) in [5.74, 6) is 0.323. The Morgan fingerprint density at radius 3 is 2.59 bits per heavy atom. The van der Waals surface area contributed by atoms with E-state index in [2.05, 4.69) is 27.9 Å². The van der Waals surface area contributed by atoms with Gasteiger partial charge in [-0.25, -0.2) is 4.79 Å². The Morgan fingerprint density at radius 1 is 1.26 bits per heavy atom. The average Bonchev–Trinajstić information content (AvgIpc) is 2.72. The van der Waals surface area contributed by atoms with Crippen molar-refractivity contribution >= 4 is 24.8 Å². The summed E-state index contributed by atoms with van der Waals surface area (Å²) < 4.78 is 10.8. The number of carbonyl (C=O) groups is 2. The second-order valence-corrected chi connectivity index (χ2v) is 10.3. The number of morpholine rings is 1. The quantitative estimate of drug-likeness (QED) is 0.639. The van der Waals surface area contributed by atoms with Crippen molar-refractivity contribution in [3.05, 3.63) is 33.7 Å². The van der Waals surface area contributed by atoms with Crippen LogP contribution in [0.25, 0.3) is 12.8 Å². The van der Waals surface area contributed by atoms with Gasteiger partial charge in [0.05, 0.1) is 13.2 Å². The van der Waals surface area contributed by atoms with Gasteiger partial charge >= 0.3 is 6.09 Å². The predicted octanol–water partition coefficient (Wildman–Crippen LogP) is 1.00. The van der Waals surface area contributed by atoms with Gasteiger partial charge in [-0.1, -0.05) is 12.6 Å². The summed E-state index contributed by atoms with van der Waals surface area (Å²) in [6.07, 6.45) is 1.80. The number of amides is 2. The van der Waals surface area contributed by atoms with E-state index in [4.69, 9.17) is 9.47 Å². The third-order valence-electron chi connectivity index (χ3n) is 6.17. The van der Waals surface area contributed by atoms with Gasteiger partial charge in [0, 0.05) is 75.8 Å². The summed E-state index contributed by atoms with van der Waals surface area (Å²) in [5.41, 5.74) is 1.12. The van der Waals surface area contributed by atoms with Crippen LogP contribution >= 0.6 is 0 Å². The van der Waals surface area contributed by atoms with Gasteiger partial charge in [0.15, 0.2) is 0 Å². The molecule has 8 nitrogen and oxygen atoms in total. The maximum atomic E-state index is 12.8. The minimum Gasteiger partial charge on any atom is -0.444 e. The lowest BCUT2D eigenvalue weighted by Gasteiger charge is -2.41. The van der Waals surface area contributed by atoms with Crippen LogP contribution in [-0.4, -0.2) is 98.4 Å². The zero-order valence-corrected chi connectivity index (χ0v) is 21.4. The zero-order chi connectivity index (χ0) is 24.9.